The van der Waals surface area contributed by atoms with Crippen molar-refractivity contribution in [3.63, 3.8) is 0 Å². The van der Waals surface area contributed by atoms with E-state index in [2.05, 4.69) is 33.0 Å². The smallest absolute Gasteiger partial charge is 0.0112 e. The van der Waals surface area contributed by atoms with Crippen molar-refractivity contribution in [3.05, 3.63) is 0 Å². The molecule has 74 valence electrons. The third-order valence-electron chi connectivity index (χ3n) is 1.94. The Labute approximate surface area is 76.9 Å². The first-order chi connectivity index (χ1) is 5.35. The lowest BCUT2D eigenvalue weighted by atomic mass is 9.91. The summed E-state index contributed by atoms with van der Waals surface area (Å²) in [7, 11) is 2.01. The first-order valence-corrected chi connectivity index (χ1v) is 4.81. The molecule has 0 aliphatic heterocycles. The summed E-state index contributed by atoms with van der Waals surface area (Å²) in [6.07, 6.45) is 2.25. The van der Waals surface area contributed by atoms with Gasteiger partial charge in [-0.3, -0.25) is 0 Å². The molecule has 1 atom stereocenters. The molecule has 0 saturated heterocycles. The molecule has 0 radical (unpaired) electrons. The summed E-state index contributed by atoms with van der Waals surface area (Å²) >= 11 is 0. The molecular weight excluding hydrogens is 148 g/mol. The zero-order valence-corrected chi connectivity index (χ0v) is 9.15. The molecule has 0 fully saturated rings. The summed E-state index contributed by atoms with van der Waals surface area (Å²) < 4.78 is 0. The highest BCUT2D eigenvalue weighted by Crippen LogP contribution is 2.14. The van der Waals surface area contributed by atoms with Crippen molar-refractivity contribution in [3.8, 4) is 0 Å². The van der Waals surface area contributed by atoms with Crippen LogP contribution >= 0.6 is 0 Å². The lowest BCUT2D eigenvalue weighted by Gasteiger charge is -2.26. The Balaban J connectivity index is 3.83. The average molecular weight is 172 g/mol. The van der Waals surface area contributed by atoms with Gasteiger partial charge in [0.1, 0.15) is 0 Å². The van der Waals surface area contributed by atoms with E-state index in [-0.39, 0.29) is 5.54 Å². The van der Waals surface area contributed by atoms with E-state index in [1.807, 2.05) is 7.05 Å². The van der Waals surface area contributed by atoms with Crippen LogP contribution in [-0.4, -0.2) is 18.6 Å². The third kappa shape index (κ3) is 6.62. The fourth-order valence-corrected chi connectivity index (χ4v) is 1.51. The molecule has 2 heteroatoms. The lowest BCUT2D eigenvalue weighted by Crippen LogP contribution is -2.41. The lowest BCUT2D eigenvalue weighted by molar-refractivity contribution is 0.345. The number of nitrogens with two attached hydrogens (primary N) is 1. The molecule has 0 heterocycles. The molecule has 0 saturated carbocycles. The molecule has 1 unspecified atom stereocenters. The summed E-state index contributed by atoms with van der Waals surface area (Å²) in [6, 6.07) is 0.560. The normalized spacial score (nSPS) is 15.2. The fourth-order valence-electron chi connectivity index (χ4n) is 1.51. The molecule has 0 aromatic carbocycles. The summed E-state index contributed by atoms with van der Waals surface area (Å²) in [5.74, 6) is 0.741. The highest BCUT2D eigenvalue weighted by molar-refractivity contribution is 4.80. The maximum Gasteiger partial charge on any atom is 0.0112 e. The van der Waals surface area contributed by atoms with Crippen LogP contribution in [0.15, 0.2) is 0 Å². The molecular formula is C10H24N2. The molecule has 0 aromatic heterocycles. The van der Waals surface area contributed by atoms with E-state index in [1.54, 1.807) is 0 Å². The minimum absolute atomic E-state index is 0.0530. The maximum atomic E-state index is 5.95. The summed E-state index contributed by atoms with van der Waals surface area (Å²) in [5.41, 5.74) is 5.89. The SMILES string of the molecule is CNC(CC(C)C)CC(C)(C)N. The largest absolute Gasteiger partial charge is 0.326 e. The highest BCUT2D eigenvalue weighted by Gasteiger charge is 2.18. The van der Waals surface area contributed by atoms with Crippen LogP contribution in [0.3, 0.4) is 0 Å². The second kappa shape index (κ2) is 4.83. The van der Waals surface area contributed by atoms with Gasteiger partial charge in [0.05, 0.1) is 0 Å². The number of nitrogens with one attached hydrogen (secondary N) is 1. The van der Waals surface area contributed by atoms with Gasteiger partial charge >= 0.3 is 0 Å². The summed E-state index contributed by atoms with van der Waals surface area (Å²) in [6.45, 7) is 8.65. The van der Waals surface area contributed by atoms with Gasteiger partial charge in [-0.2, -0.15) is 0 Å². The van der Waals surface area contributed by atoms with Gasteiger partial charge < -0.3 is 11.1 Å². The first kappa shape index (κ1) is 11.9. The van der Waals surface area contributed by atoms with E-state index >= 15 is 0 Å². The Morgan fingerprint density at radius 3 is 2.08 bits per heavy atom. The van der Waals surface area contributed by atoms with Gasteiger partial charge in [-0.1, -0.05) is 13.8 Å². The quantitative estimate of drug-likeness (QED) is 0.663. The monoisotopic (exact) mass is 172 g/mol. The van der Waals surface area contributed by atoms with Crippen LogP contribution in [0.2, 0.25) is 0 Å². The van der Waals surface area contributed by atoms with Crippen LogP contribution < -0.4 is 11.1 Å². The van der Waals surface area contributed by atoms with Gasteiger partial charge in [-0.05, 0) is 39.7 Å². The second-order valence-electron chi connectivity index (χ2n) is 4.81. The van der Waals surface area contributed by atoms with E-state index in [0.717, 1.165) is 12.3 Å². The Morgan fingerprint density at radius 2 is 1.83 bits per heavy atom. The van der Waals surface area contributed by atoms with Crippen LogP contribution in [0.25, 0.3) is 0 Å². The number of hydrogen-bond acceptors (Lipinski definition) is 2. The molecule has 0 aliphatic rings. The molecule has 0 bridgehead atoms. The van der Waals surface area contributed by atoms with Gasteiger partial charge in [0.2, 0.25) is 0 Å². The Bertz CT molecular complexity index is 113. The molecule has 2 nitrogen and oxygen atoms in total. The third-order valence-corrected chi connectivity index (χ3v) is 1.94. The standard InChI is InChI=1S/C10H24N2/c1-8(2)6-9(12-5)7-10(3,4)11/h8-9,12H,6-7,11H2,1-5H3. The van der Waals surface area contributed by atoms with E-state index < -0.39 is 0 Å². The number of hydrogen-bond donors (Lipinski definition) is 2. The van der Waals surface area contributed by atoms with E-state index in [9.17, 15) is 0 Å². The molecule has 3 N–H and O–H groups in total. The Hall–Kier alpha value is -0.0800. The fraction of sp³-hybridized carbons (Fsp3) is 1.00. The van der Waals surface area contributed by atoms with Gasteiger partial charge in [0.15, 0.2) is 0 Å². The van der Waals surface area contributed by atoms with Crippen molar-refractivity contribution >= 4 is 0 Å². The summed E-state index contributed by atoms with van der Waals surface area (Å²) in [5, 5.41) is 3.31. The van der Waals surface area contributed by atoms with Crippen molar-refractivity contribution < 1.29 is 0 Å². The maximum absolute atomic E-state index is 5.95. The zero-order chi connectivity index (χ0) is 9.78. The van der Waals surface area contributed by atoms with Crippen molar-refractivity contribution in [2.24, 2.45) is 11.7 Å². The van der Waals surface area contributed by atoms with Crippen LogP contribution in [0.4, 0.5) is 0 Å². The second-order valence-corrected chi connectivity index (χ2v) is 4.81. The van der Waals surface area contributed by atoms with E-state index in [0.29, 0.717) is 6.04 Å². The minimum Gasteiger partial charge on any atom is -0.326 e. The molecule has 0 aromatic rings. The van der Waals surface area contributed by atoms with Gasteiger partial charge in [-0.15, -0.1) is 0 Å². The van der Waals surface area contributed by atoms with Crippen molar-refractivity contribution in [1.82, 2.24) is 5.32 Å². The predicted octanol–water partition coefficient (Wildman–Crippen LogP) is 1.75. The molecule has 0 amide bonds. The average Bonchev–Trinajstić information content (AvgIpc) is 1.82. The van der Waals surface area contributed by atoms with Crippen molar-refractivity contribution in [2.45, 2.75) is 52.1 Å². The van der Waals surface area contributed by atoms with E-state index in [1.165, 1.54) is 6.42 Å². The Morgan fingerprint density at radius 1 is 1.33 bits per heavy atom. The minimum atomic E-state index is -0.0530. The molecule has 12 heavy (non-hydrogen) atoms. The molecule has 0 rings (SSSR count). The molecule has 0 spiro atoms. The zero-order valence-electron chi connectivity index (χ0n) is 9.15. The number of rotatable bonds is 5. The van der Waals surface area contributed by atoms with Crippen LogP contribution in [0.1, 0.15) is 40.5 Å². The van der Waals surface area contributed by atoms with Crippen LogP contribution in [-0.2, 0) is 0 Å². The van der Waals surface area contributed by atoms with E-state index in [4.69, 9.17) is 5.73 Å². The first-order valence-electron chi connectivity index (χ1n) is 4.81. The van der Waals surface area contributed by atoms with Crippen molar-refractivity contribution in [1.29, 1.82) is 0 Å². The highest BCUT2D eigenvalue weighted by atomic mass is 14.9. The van der Waals surface area contributed by atoms with Gasteiger partial charge in [-0.25, -0.2) is 0 Å². The predicted molar refractivity (Wildman–Crippen MR) is 55.2 cm³/mol. The Kier molecular flexibility index (Phi) is 4.80. The van der Waals surface area contributed by atoms with Crippen LogP contribution in [0, 0.1) is 5.92 Å². The molecule has 0 aliphatic carbocycles. The topological polar surface area (TPSA) is 38.0 Å². The van der Waals surface area contributed by atoms with Gasteiger partial charge in [0, 0.05) is 11.6 Å². The van der Waals surface area contributed by atoms with Crippen LogP contribution in [0.5, 0.6) is 0 Å². The van der Waals surface area contributed by atoms with Gasteiger partial charge in [0.25, 0.3) is 0 Å². The summed E-state index contributed by atoms with van der Waals surface area (Å²) in [4.78, 5) is 0. The van der Waals surface area contributed by atoms with Crippen molar-refractivity contribution in [2.75, 3.05) is 7.05 Å².